The number of ether oxygens (including phenoxy) is 1. The summed E-state index contributed by atoms with van der Waals surface area (Å²) in [5, 5.41) is 9.06. The third-order valence-corrected chi connectivity index (χ3v) is 7.17. The van der Waals surface area contributed by atoms with Crippen molar-refractivity contribution in [3.63, 3.8) is 0 Å². The largest absolute Gasteiger partial charge is 0.456 e. The predicted octanol–water partition coefficient (Wildman–Crippen LogP) is 1.48. The van der Waals surface area contributed by atoms with Crippen molar-refractivity contribution in [2.45, 2.75) is 45.3 Å². The van der Waals surface area contributed by atoms with Gasteiger partial charge in [-0.2, -0.15) is 4.98 Å². The lowest BCUT2D eigenvalue weighted by atomic mass is 9.91. The molecule has 3 amide bonds. The van der Waals surface area contributed by atoms with Crippen LogP contribution in [0, 0.1) is 5.41 Å². The van der Waals surface area contributed by atoms with Gasteiger partial charge >= 0.3 is 5.97 Å². The van der Waals surface area contributed by atoms with Crippen LogP contribution in [0.3, 0.4) is 0 Å². The fraction of sp³-hybridized carbons (Fsp3) is 0.440. The summed E-state index contributed by atoms with van der Waals surface area (Å²) in [5.74, 6) is -0.448. The van der Waals surface area contributed by atoms with Crippen molar-refractivity contribution >= 4 is 57.1 Å². The van der Waals surface area contributed by atoms with Gasteiger partial charge in [0.1, 0.15) is 11.2 Å². The van der Waals surface area contributed by atoms with Crippen LogP contribution in [-0.4, -0.2) is 70.3 Å². The van der Waals surface area contributed by atoms with E-state index in [0.29, 0.717) is 55.1 Å². The van der Waals surface area contributed by atoms with Crippen molar-refractivity contribution in [3.8, 4) is 0 Å². The van der Waals surface area contributed by atoms with E-state index in [-0.39, 0.29) is 24.0 Å². The van der Waals surface area contributed by atoms with Gasteiger partial charge in [-0.25, -0.2) is 9.78 Å². The monoisotopic (exact) mass is 587 g/mol. The molecule has 12 nitrogen and oxygen atoms in total. The molecule has 0 aliphatic carbocycles. The van der Waals surface area contributed by atoms with E-state index < -0.39 is 17.2 Å². The van der Waals surface area contributed by atoms with E-state index in [1.54, 1.807) is 11.1 Å². The van der Waals surface area contributed by atoms with Gasteiger partial charge in [-0.3, -0.25) is 14.4 Å². The molecule has 0 saturated carbocycles. The zero-order valence-electron chi connectivity index (χ0n) is 21.1. The molecule has 3 heterocycles. The first kappa shape index (κ1) is 27.3. The Labute approximate surface area is 228 Å². The van der Waals surface area contributed by atoms with Crippen LogP contribution in [0.2, 0.25) is 0 Å². The van der Waals surface area contributed by atoms with Crippen LogP contribution in [0.1, 0.15) is 32.3 Å². The van der Waals surface area contributed by atoms with Crippen molar-refractivity contribution in [2.75, 3.05) is 30.3 Å². The molecular formula is C25H30BrN7O5. The first-order chi connectivity index (χ1) is 18.1. The van der Waals surface area contributed by atoms with Crippen molar-refractivity contribution in [2.24, 2.45) is 11.1 Å². The second-order valence-corrected chi connectivity index (χ2v) is 10.6. The maximum Gasteiger partial charge on any atom is 0.333 e. The molecule has 13 heteroatoms. The molecule has 2 atom stereocenters. The minimum Gasteiger partial charge on any atom is -0.456 e. The van der Waals surface area contributed by atoms with Crippen molar-refractivity contribution in [3.05, 3.63) is 40.5 Å². The van der Waals surface area contributed by atoms with Gasteiger partial charge < -0.3 is 31.3 Å². The minimum absolute atomic E-state index is 0.0368. The fourth-order valence-electron chi connectivity index (χ4n) is 3.91. The van der Waals surface area contributed by atoms with E-state index in [9.17, 15) is 19.2 Å². The van der Waals surface area contributed by atoms with Gasteiger partial charge in [0.25, 0.3) is 0 Å². The molecular weight excluding hydrogens is 558 g/mol. The number of rotatable bonds is 12. The molecule has 202 valence electrons. The Balaban J connectivity index is 1.21. The van der Waals surface area contributed by atoms with Gasteiger partial charge in [-0.05, 0) is 60.3 Å². The molecule has 2 saturated heterocycles. The Bertz CT molecular complexity index is 1240. The molecule has 5 N–H and O–H groups in total. The fourth-order valence-corrected chi connectivity index (χ4v) is 4.25. The molecule has 0 bridgehead atoms. The molecule has 2 fully saturated rings. The zero-order chi connectivity index (χ0) is 27.4. The number of amides is 3. The summed E-state index contributed by atoms with van der Waals surface area (Å²) in [5.41, 5.74) is 5.79. The normalized spacial score (nSPS) is 17.9. The maximum absolute atomic E-state index is 12.4. The molecule has 4 rings (SSSR count). The van der Waals surface area contributed by atoms with E-state index in [4.69, 9.17) is 10.5 Å². The Morgan fingerprint density at radius 3 is 2.61 bits per heavy atom. The van der Waals surface area contributed by atoms with E-state index in [0.717, 1.165) is 11.3 Å². The van der Waals surface area contributed by atoms with E-state index in [1.807, 2.05) is 24.3 Å². The number of nitrogens with two attached hydrogens (primary N) is 1. The number of nitrogens with zero attached hydrogens (tertiary/aromatic N) is 3. The average Bonchev–Trinajstić information content (AvgIpc) is 2.87. The number of hydrogen-bond donors (Lipinski definition) is 4. The van der Waals surface area contributed by atoms with Crippen LogP contribution in [0.25, 0.3) is 0 Å². The van der Waals surface area contributed by atoms with Gasteiger partial charge in [-0.1, -0.05) is 12.1 Å². The second-order valence-electron chi connectivity index (χ2n) is 9.70. The van der Waals surface area contributed by atoms with Crippen LogP contribution >= 0.6 is 15.9 Å². The van der Waals surface area contributed by atoms with Crippen LogP contribution in [0.4, 0.5) is 17.5 Å². The third kappa shape index (κ3) is 6.04. The summed E-state index contributed by atoms with van der Waals surface area (Å²) < 4.78 is 5.61. The SMILES string of the molecule is CC(C)(C(N)=O)C(=O)NCCCNc1nc(Nc2ccc(CCC(=O)N3CC4OC(=O)[C@@H]43)cc2)ncc1Br. The number of carbonyl (C=O) groups excluding carboxylic acids is 4. The summed E-state index contributed by atoms with van der Waals surface area (Å²) in [6.45, 7) is 4.37. The highest BCUT2D eigenvalue weighted by molar-refractivity contribution is 9.10. The Morgan fingerprint density at radius 1 is 1.21 bits per heavy atom. The van der Waals surface area contributed by atoms with Crippen molar-refractivity contribution in [1.29, 1.82) is 0 Å². The summed E-state index contributed by atoms with van der Waals surface area (Å²) >= 11 is 3.43. The number of hydrogen-bond acceptors (Lipinski definition) is 9. The van der Waals surface area contributed by atoms with Gasteiger partial charge in [0.2, 0.25) is 23.7 Å². The molecule has 38 heavy (non-hydrogen) atoms. The van der Waals surface area contributed by atoms with E-state index in [1.165, 1.54) is 13.8 Å². The average molecular weight is 588 g/mol. The number of nitrogens with one attached hydrogen (secondary N) is 3. The maximum atomic E-state index is 12.4. The van der Waals surface area contributed by atoms with Gasteiger partial charge in [0, 0.05) is 31.4 Å². The highest BCUT2D eigenvalue weighted by Crippen LogP contribution is 2.32. The standard InChI is InChI=1S/C25H30BrN7O5/c1-25(2,22(27)36)23(37)29-11-3-10-28-20-16(26)12-30-24(32-20)31-15-7-4-14(5-8-15)6-9-18(34)33-13-17-19(33)21(35)38-17/h4-5,7-8,12,17,19H,3,6,9-11,13H2,1-2H3,(H2,27,36)(H,29,37)(H2,28,30,31,32)/t17?,19-/m1/s1. The van der Waals surface area contributed by atoms with Crippen molar-refractivity contribution in [1.82, 2.24) is 20.2 Å². The summed E-state index contributed by atoms with van der Waals surface area (Å²) in [4.78, 5) is 57.6. The zero-order valence-corrected chi connectivity index (χ0v) is 22.7. The highest BCUT2D eigenvalue weighted by Gasteiger charge is 2.57. The molecule has 2 aromatic rings. The molecule has 1 unspecified atom stereocenters. The third-order valence-electron chi connectivity index (χ3n) is 6.59. The van der Waals surface area contributed by atoms with Crippen LogP contribution in [0.15, 0.2) is 34.9 Å². The molecule has 0 radical (unpaired) electrons. The minimum atomic E-state index is -1.26. The van der Waals surface area contributed by atoms with Crippen LogP contribution < -0.4 is 21.7 Å². The van der Waals surface area contributed by atoms with Gasteiger partial charge in [0.05, 0.1) is 11.0 Å². The smallest absolute Gasteiger partial charge is 0.333 e. The number of carbonyl (C=O) groups is 4. The number of anilines is 3. The summed E-state index contributed by atoms with van der Waals surface area (Å²) in [7, 11) is 0. The number of aryl methyl sites for hydroxylation is 1. The molecule has 0 spiro atoms. The first-order valence-corrected chi connectivity index (χ1v) is 13.1. The topological polar surface area (TPSA) is 169 Å². The summed E-state index contributed by atoms with van der Waals surface area (Å²) in [6.07, 6.45) is 3.04. The number of primary amides is 1. The van der Waals surface area contributed by atoms with Crippen LogP contribution in [0.5, 0.6) is 0 Å². The Kier molecular flexibility index (Phi) is 8.14. The van der Waals surface area contributed by atoms with E-state index >= 15 is 0 Å². The van der Waals surface area contributed by atoms with Crippen LogP contribution in [-0.2, 0) is 30.3 Å². The lowest BCUT2D eigenvalue weighted by molar-refractivity contribution is -0.218. The van der Waals surface area contributed by atoms with Crippen molar-refractivity contribution < 1.29 is 23.9 Å². The summed E-state index contributed by atoms with van der Waals surface area (Å²) in [6, 6.07) is 7.26. The molecule has 1 aromatic heterocycles. The number of halogens is 1. The first-order valence-electron chi connectivity index (χ1n) is 12.3. The number of benzene rings is 1. The number of likely N-dealkylation sites (tertiary alicyclic amines) is 1. The Hall–Kier alpha value is -3.74. The second kappa shape index (κ2) is 11.3. The Morgan fingerprint density at radius 2 is 1.95 bits per heavy atom. The van der Waals surface area contributed by atoms with E-state index in [2.05, 4.69) is 41.8 Å². The lowest BCUT2D eigenvalue weighted by Gasteiger charge is -2.52. The molecule has 1 aromatic carbocycles. The number of morpholine rings is 1. The lowest BCUT2D eigenvalue weighted by Crippen LogP contribution is -2.74. The quantitative estimate of drug-likeness (QED) is 0.163. The molecule has 2 aliphatic rings. The van der Waals surface area contributed by atoms with Gasteiger partial charge in [0.15, 0.2) is 12.1 Å². The van der Waals surface area contributed by atoms with Gasteiger partial charge in [-0.15, -0.1) is 0 Å². The predicted molar refractivity (Wildman–Crippen MR) is 142 cm³/mol. The highest BCUT2D eigenvalue weighted by atomic mass is 79.9. The molecule has 2 aliphatic heterocycles. The number of fused-ring (bicyclic) bond motifs is 1. The number of esters is 1. The number of aromatic nitrogens is 2.